The van der Waals surface area contributed by atoms with E-state index in [0.717, 1.165) is 5.76 Å². The highest BCUT2D eigenvalue weighted by Crippen LogP contribution is 2.16. The molecule has 0 spiro atoms. The molecule has 1 unspecified atom stereocenters. The van der Waals surface area contributed by atoms with E-state index in [-0.39, 0.29) is 18.5 Å². The largest absolute Gasteiger partial charge is 0.480 e. The van der Waals surface area contributed by atoms with E-state index in [9.17, 15) is 9.59 Å². The molecule has 0 bridgehead atoms. The average molecular weight is 282 g/mol. The molecular formula is C14H22N2O4. The summed E-state index contributed by atoms with van der Waals surface area (Å²) in [6.45, 7) is 7.57. The van der Waals surface area contributed by atoms with Crippen molar-refractivity contribution >= 4 is 12.0 Å². The SMILES string of the molecule is Cc1ccc(C(C)NC(=O)N(CC(=O)O)CC(C)C)o1. The number of aliphatic carboxylic acids is 1. The number of carbonyl (C=O) groups excluding carboxylic acids is 1. The fourth-order valence-electron chi connectivity index (χ4n) is 1.86. The van der Waals surface area contributed by atoms with Gasteiger partial charge in [0, 0.05) is 6.54 Å². The first-order valence-electron chi connectivity index (χ1n) is 6.63. The number of furan rings is 1. The van der Waals surface area contributed by atoms with E-state index < -0.39 is 12.0 Å². The number of nitrogens with zero attached hydrogens (tertiary/aromatic N) is 1. The Bertz CT molecular complexity index is 467. The lowest BCUT2D eigenvalue weighted by atomic mass is 10.2. The summed E-state index contributed by atoms with van der Waals surface area (Å²) in [5, 5.41) is 11.6. The van der Waals surface area contributed by atoms with E-state index in [1.54, 1.807) is 13.0 Å². The number of rotatable bonds is 6. The fraction of sp³-hybridized carbons (Fsp3) is 0.571. The summed E-state index contributed by atoms with van der Waals surface area (Å²) in [6.07, 6.45) is 0. The van der Waals surface area contributed by atoms with Crippen molar-refractivity contribution in [3.63, 3.8) is 0 Å². The van der Waals surface area contributed by atoms with Gasteiger partial charge in [-0.25, -0.2) is 4.79 Å². The van der Waals surface area contributed by atoms with Gasteiger partial charge in [0.25, 0.3) is 0 Å². The zero-order valence-electron chi connectivity index (χ0n) is 12.3. The quantitative estimate of drug-likeness (QED) is 0.839. The van der Waals surface area contributed by atoms with E-state index in [1.165, 1.54) is 4.90 Å². The minimum absolute atomic E-state index is 0.196. The van der Waals surface area contributed by atoms with Crippen LogP contribution in [0, 0.1) is 12.8 Å². The second kappa shape index (κ2) is 6.98. The van der Waals surface area contributed by atoms with Crippen molar-refractivity contribution in [2.24, 2.45) is 5.92 Å². The standard InChI is InChI=1S/C14H22N2O4/c1-9(2)7-16(8-13(17)18)14(19)15-11(4)12-6-5-10(3)20-12/h5-6,9,11H,7-8H2,1-4H3,(H,15,19)(H,17,18). The first kappa shape index (κ1) is 16.1. The Hall–Kier alpha value is -1.98. The van der Waals surface area contributed by atoms with E-state index in [2.05, 4.69) is 5.32 Å². The number of amides is 2. The third-order valence-electron chi connectivity index (χ3n) is 2.73. The van der Waals surface area contributed by atoms with E-state index in [1.807, 2.05) is 26.8 Å². The lowest BCUT2D eigenvalue weighted by Gasteiger charge is -2.24. The summed E-state index contributed by atoms with van der Waals surface area (Å²) in [4.78, 5) is 24.2. The van der Waals surface area contributed by atoms with Crippen LogP contribution in [0.25, 0.3) is 0 Å². The highest BCUT2D eigenvalue weighted by atomic mass is 16.4. The third-order valence-corrected chi connectivity index (χ3v) is 2.73. The van der Waals surface area contributed by atoms with Gasteiger partial charge >= 0.3 is 12.0 Å². The van der Waals surface area contributed by atoms with Gasteiger partial charge in [0.15, 0.2) is 0 Å². The molecule has 0 aliphatic rings. The molecule has 0 aromatic carbocycles. The predicted molar refractivity (Wildman–Crippen MR) is 74.4 cm³/mol. The molecule has 1 aromatic rings. The maximum Gasteiger partial charge on any atom is 0.323 e. The Morgan fingerprint density at radius 3 is 2.45 bits per heavy atom. The van der Waals surface area contributed by atoms with Crippen molar-refractivity contribution in [3.8, 4) is 0 Å². The van der Waals surface area contributed by atoms with Crippen LogP contribution in [0.4, 0.5) is 4.79 Å². The number of hydrogen-bond acceptors (Lipinski definition) is 3. The van der Waals surface area contributed by atoms with Crippen LogP contribution < -0.4 is 5.32 Å². The number of aryl methyl sites for hydroxylation is 1. The maximum atomic E-state index is 12.1. The van der Waals surface area contributed by atoms with Crippen LogP contribution in [0.5, 0.6) is 0 Å². The summed E-state index contributed by atoms with van der Waals surface area (Å²) in [5.74, 6) is 0.588. The zero-order valence-corrected chi connectivity index (χ0v) is 12.3. The summed E-state index contributed by atoms with van der Waals surface area (Å²) in [7, 11) is 0. The molecule has 2 amide bonds. The van der Waals surface area contributed by atoms with Crippen LogP contribution in [0.15, 0.2) is 16.5 Å². The van der Waals surface area contributed by atoms with Crippen LogP contribution in [-0.2, 0) is 4.79 Å². The molecule has 6 nitrogen and oxygen atoms in total. The van der Waals surface area contributed by atoms with E-state index in [4.69, 9.17) is 9.52 Å². The van der Waals surface area contributed by atoms with Crippen LogP contribution in [-0.4, -0.2) is 35.1 Å². The van der Waals surface area contributed by atoms with Crippen molar-refractivity contribution < 1.29 is 19.1 Å². The molecule has 2 N–H and O–H groups in total. The van der Waals surface area contributed by atoms with Crippen LogP contribution in [0.1, 0.15) is 38.3 Å². The minimum atomic E-state index is -1.03. The number of carboxylic acids is 1. The molecule has 1 rings (SSSR count). The zero-order chi connectivity index (χ0) is 15.3. The molecule has 0 radical (unpaired) electrons. The minimum Gasteiger partial charge on any atom is -0.480 e. The predicted octanol–water partition coefficient (Wildman–Crippen LogP) is 2.40. The number of carboxylic acid groups (broad SMARTS) is 1. The van der Waals surface area contributed by atoms with Gasteiger partial charge < -0.3 is 19.7 Å². The summed E-state index contributed by atoms with van der Waals surface area (Å²) in [6, 6.07) is 2.91. The molecule has 1 heterocycles. The molecular weight excluding hydrogens is 260 g/mol. The van der Waals surface area contributed by atoms with Crippen molar-refractivity contribution in [2.75, 3.05) is 13.1 Å². The van der Waals surface area contributed by atoms with Gasteiger partial charge in [-0.2, -0.15) is 0 Å². The second-order valence-corrected chi connectivity index (χ2v) is 5.29. The maximum absolute atomic E-state index is 12.1. The van der Waals surface area contributed by atoms with Gasteiger partial charge in [-0.3, -0.25) is 4.79 Å². The number of urea groups is 1. The fourth-order valence-corrected chi connectivity index (χ4v) is 1.86. The highest BCUT2D eigenvalue weighted by Gasteiger charge is 2.21. The van der Waals surface area contributed by atoms with Gasteiger partial charge in [-0.05, 0) is 31.9 Å². The summed E-state index contributed by atoms with van der Waals surface area (Å²) in [5.41, 5.74) is 0. The number of nitrogens with one attached hydrogen (secondary N) is 1. The van der Waals surface area contributed by atoms with Gasteiger partial charge in [-0.1, -0.05) is 13.8 Å². The molecule has 0 aliphatic heterocycles. The Morgan fingerprint density at radius 1 is 1.35 bits per heavy atom. The molecule has 0 saturated carbocycles. The van der Waals surface area contributed by atoms with Gasteiger partial charge in [-0.15, -0.1) is 0 Å². The Morgan fingerprint density at radius 2 is 2.00 bits per heavy atom. The lowest BCUT2D eigenvalue weighted by Crippen LogP contribution is -2.45. The summed E-state index contributed by atoms with van der Waals surface area (Å²) < 4.78 is 5.44. The first-order chi connectivity index (χ1) is 9.29. The Balaban J connectivity index is 2.67. The van der Waals surface area contributed by atoms with Gasteiger partial charge in [0.05, 0.1) is 6.04 Å². The Labute approximate surface area is 118 Å². The van der Waals surface area contributed by atoms with Crippen molar-refractivity contribution in [1.82, 2.24) is 10.2 Å². The molecule has 112 valence electrons. The van der Waals surface area contributed by atoms with Crippen molar-refractivity contribution in [1.29, 1.82) is 0 Å². The first-order valence-corrected chi connectivity index (χ1v) is 6.63. The van der Waals surface area contributed by atoms with Gasteiger partial charge in [0.1, 0.15) is 18.1 Å². The van der Waals surface area contributed by atoms with Crippen LogP contribution in [0.3, 0.4) is 0 Å². The second-order valence-electron chi connectivity index (χ2n) is 5.29. The monoisotopic (exact) mass is 282 g/mol. The smallest absolute Gasteiger partial charge is 0.323 e. The number of carbonyl (C=O) groups is 2. The van der Waals surface area contributed by atoms with Crippen molar-refractivity contribution in [2.45, 2.75) is 33.7 Å². The normalized spacial score (nSPS) is 12.2. The molecule has 0 fully saturated rings. The van der Waals surface area contributed by atoms with Crippen LogP contribution in [0.2, 0.25) is 0 Å². The molecule has 20 heavy (non-hydrogen) atoms. The van der Waals surface area contributed by atoms with Crippen molar-refractivity contribution in [3.05, 3.63) is 23.7 Å². The molecule has 1 atom stereocenters. The van der Waals surface area contributed by atoms with E-state index in [0.29, 0.717) is 12.3 Å². The molecule has 6 heteroatoms. The topological polar surface area (TPSA) is 82.8 Å². The molecule has 1 aromatic heterocycles. The highest BCUT2D eigenvalue weighted by molar-refractivity contribution is 5.80. The van der Waals surface area contributed by atoms with Gasteiger partial charge in [0.2, 0.25) is 0 Å². The third kappa shape index (κ3) is 4.95. The number of hydrogen-bond donors (Lipinski definition) is 2. The van der Waals surface area contributed by atoms with Crippen LogP contribution >= 0.6 is 0 Å². The molecule has 0 saturated heterocycles. The molecule has 0 aliphatic carbocycles. The average Bonchev–Trinajstić information content (AvgIpc) is 2.73. The Kier molecular flexibility index (Phi) is 5.61. The lowest BCUT2D eigenvalue weighted by molar-refractivity contribution is -0.137. The van der Waals surface area contributed by atoms with E-state index >= 15 is 0 Å². The summed E-state index contributed by atoms with van der Waals surface area (Å²) >= 11 is 0.